The second-order valence-corrected chi connectivity index (χ2v) is 22.2. The van der Waals surface area contributed by atoms with Crippen LogP contribution in [-0.2, 0) is 6.42 Å². The van der Waals surface area contributed by atoms with Gasteiger partial charge in [0.1, 0.15) is 0 Å². The van der Waals surface area contributed by atoms with Crippen LogP contribution in [0.15, 0.2) is 170 Å². The molecule has 354 valence electrons. The molecular formula is C68H66N2S. The van der Waals surface area contributed by atoms with Gasteiger partial charge in [-0.15, -0.1) is 11.3 Å². The van der Waals surface area contributed by atoms with E-state index in [0.717, 1.165) is 12.8 Å². The van der Waals surface area contributed by atoms with Crippen LogP contribution in [0.2, 0.25) is 0 Å². The number of thiophene rings is 1. The quantitative estimate of drug-likeness (QED) is 0.106. The molecule has 0 bridgehead atoms. The summed E-state index contributed by atoms with van der Waals surface area (Å²) in [6, 6.07) is 65.4. The topological polar surface area (TPSA) is 6.48 Å². The van der Waals surface area contributed by atoms with Gasteiger partial charge in [-0.2, -0.15) is 0 Å². The van der Waals surface area contributed by atoms with Crippen molar-refractivity contribution in [2.75, 3.05) is 9.80 Å². The first-order valence-electron chi connectivity index (χ1n) is 26.1. The molecule has 0 atom stereocenters. The summed E-state index contributed by atoms with van der Waals surface area (Å²) in [4.78, 5) is 5.20. The molecule has 0 saturated carbocycles. The Kier molecular flexibility index (Phi) is 12.2. The fourth-order valence-electron chi connectivity index (χ4n) is 11.5. The maximum Gasteiger partial charge on any atom is 0.0640 e. The Balaban J connectivity index is 1.26. The average Bonchev–Trinajstić information content (AvgIpc) is 3.76. The number of benzene rings is 10. The smallest absolute Gasteiger partial charge is 0.0640 e. The van der Waals surface area contributed by atoms with Crippen molar-refractivity contribution in [2.24, 2.45) is 0 Å². The van der Waals surface area contributed by atoms with Gasteiger partial charge in [-0.3, -0.25) is 0 Å². The van der Waals surface area contributed by atoms with Gasteiger partial charge in [-0.05, 0) is 158 Å². The third-order valence-electron chi connectivity index (χ3n) is 15.2. The van der Waals surface area contributed by atoms with Gasteiger partial charge in [0, 0.05) is 43.3 Å². The number of hydrogen-bond acceptors (Lipinski definition) is 3. The van der Waals surface area contributed by atoms with E-state index in [-0.39, 0.29) is 11.8 Å². The van der Waals surface area contributed by atoms with Crippen molar-refractivity contribution in [1.29, 1.82) is 0 Å². The van der Waals surface area contributed by atoms with Crippen molar-refractivity contribution in [3.05, 3.63) is 203 Å². The first kappa shape index (κ1) is 46.4. The van der Waals surface area contributed by atoms with E-state index in [1.807, 2.05) is 11.3 Å². The van der Waals surface area contributed by atoms with Crippen LogP contribution in [0.4, 0.5) is 34.1 Å². The van der Waals surface area contributed by atoms with Gasteiger partial charge in [-0.25, -0.2) is 0 Å². The van der Waals surface area contributed by atoms with Gasteiger partial charge in [0.05, 0.1) is 21.8 Å². The second kappa shape index (κ2) is 18.7. The third kappa shape index (κ3) is 7.94. The Morgan fingerprint density at radius 3 is 1.44 bits per heavy atom. The minimum atomic E-state index is 0.280. The largest absolute Gasteiger partial charge is 0.310 e. The fraction of sp³-hybridized carbons (Fsp3) is 0.235. The summed E-state index contributed by atoms with van der Waals surface area (Å²) < 4.78 is 2.62. The highest BCUT2D eigenvalue weighted by Crippen LogP contribution is 2.53. The van der Waals surface area contributed by atoms with E-state index >= 15 is 0 Å². The van der Waals surface area contributed by atoms with Crippen molar-refractivity contribution >= 4 is 98.0 Å². The molecular weight excluding hydrogens is 877 g/mol. The van der Waals surface area contributed by atoms with Crippen molar-refractivity contribution in [3.8, 4) is 11.1 Å². The summed E-state index contributed by atoms with van der Waals surface area (Å²) in [5, 5.41) is 10.5. The SMILES string of the molecule is CCCc1c(-c2ccccc2C)cccc1N(c1ccc(C(C)C)cc1)c1cc(C(C)C)c2ccc3c(N(c4ccc(C(C)C)cc4)c4cccc5c4sc4ccccc45)cc(C(C)C)c4ccc1c2c43. The highest BCUT2D eigenvalue weighted by Gasteiger charge is 2.28. The molecule has 0 spiro atoms. The Morgan fingerprint density at radius 1 is 0.408 bits per heavy atom. The lowest BCUT2D eigenvalue weighted by Crippen LogP contribution is -2.15. The van der Waals surface area contributed by atoms with Crippen molar-refractivity contribution in [3.63, 3.8) is 0 Å². The summed E-state index contributed by atoms with van der Waals surface area (Å²) >= 11 is 1.90. The molecule has 0 aliphatic heterocycles. The second-order valence-electron chi connectivity index (χ2n) is 21.1. The zero-order chi connectivity index (χ0) is 49.2. The molecule has 0 radical (unpaired) electrons. The molecule has 0 aliphatic rings. The molecule has 11 rings (SSSR count). The maximum atomic E-state index is 2.61. The molecule has 1 heterocycles. The standard InChI is InChI=1S/C68H66N2S/c1-11-18-52-51(50-20-13-12-19-45(50)10)22-16-24-61(52)69(48-31-27-46(28-32-48)41(2)3)63-39-59(43(6)7)54-36-38-58-64(40-60(44(8)9)55-35-37-57(63)66(54)67(55)58)70(49-33-29-47(30-34-49)42(4)5)62-25-17-23-56-53-21-14-15-26-65(53)71-68(56)62/h12-17,19-44H,11,18H2,1-10H3. The average molecular weight is 943 g/mol. The lowest BCUT2D eigenvalue weighted by Gasteiger charge is -2.33. The van der Waals surface area contributed by atoms with Crippen LogP contribution in [0.5, 0.6) is 0 Å². The Labute approximate surface area is 425 Å². The molecule has 0 amide bonds. The molecule has 0 aliphatic carbocycles. The number of anilines is 6. The van der Waals surface area contributed by atoms with Gasteiger partial charge >= 0.3 is 0 Å². The summed E-state index contributed by atoms with van der Waals surface area (Å²) in [5.41, 5.74) is 17.9. The summed E-state index contributed by atoms with van der Waals surface area (Å²) in [7, 11) is 0. The molecule has 1 aromatic heterocycles. The van der Waals surface area contributed by atoms with Gasteiger partial charge < -0.3 is 9.80 Å². The van der Waals surface area contributed by atoms with Gasteiger partial charge in [0.25, 0.3) is 0 Å². The van der Waals surface area contributed by atoms with Crippen LogP contribution in [0.1, 0.15) is 126 Å². The van der Waals surface area contributed by atoms with Crippen LogP contribution < -0.4 is 9.80 Å². The lowest BCUT2D eigenvalue weighted by atomic mass is 9.83. The Bertz CT molecular complexity index is 3740. The minimum Gasteiger partial charge on any atom is -0.310 e. The van der Waals surface area contributed by atoms with E-state index in [2.05, 4.69) is 249 Å². The van der Waals surface area contributed by atoms with Gasteiger partial charge in [0.15, 0.2) is 0 Å². The predicted molar refractivity (Wildman–Crippen MR) is 313 cm³/mol. The lowest BCUT2D eigenvalue weighted by molar-refractivity contribution is 0.866. The number of nitrogens with zero attached hydrogens (tertiary/aromatic N) is 2. The molecule has 3 heteroatoms. The first-order valence-corrected chi connectivity index (χ1v) is 26.9. The summed E-state index contributed by atoms with van der Waals surface area (Å²) in [5.74, 6) is 1.43. The Morgan fingerprint density at radius 2 is 0.887 bits per heavy atom. The summed E-state index contributed by atoms with van der Waals surface area (Å²) in [6.07, 6.45) is 2.00. The number of hydrogen-bond donors (Lipinski definition) is 0. The van der Waals surface area contributed by atoms with E-state index in [9.17, 15) is 0 Å². The van der Waals surface area contributed by atoms with Crippen LogP contribution in [0, 0.1) is 6.92 Å². The van der Waals surface area contributed by atoms with Crippen molar-refractivity contribution in [1.82, 2.24) is 0 Å². The zero-order valence-corrected chi connectivity index (χ0v) is 44.0. The molecule has 0 N–H and O–H groups in total. The highest BCUT2D eigenvalue weighted by atomic mass is 32.1. The van der Waals surface area contributed by atoms with Crippen LogP contribution in [0.3, 0.4) is 0 Å². The first-order chi connectivity index (χ1) is 34.4. The zero-order valence-electron chi connectivity index (χ0n) is 43.2. The molecule has 2 nitrogen and oxygen atoms in total. The van der Waals surface area contributed by atoms with E-state index in [1.165, 1.54) is 131 Å². The normalized spacial score (nSPS) is 12.1. The number of rotatable bonds is 13. The van der Waals surface area contributed by atoms with E-state index in [4.69, 9.17) is 0 Å². The predicted octanol–water partition coefficient (Wildman–Crippen LogP) is 21.3. The molecule has 71 heavy (non-hydrogen) atoms. The van der Waals surface area contributed by atoms with E-state index < -0.39 is 0 Å². The van der Waals surface area contributed by atoms with Crippen LogP contribution in [0.25, 0.3) is 63.6 Å². The molecule has 0 saturated heterocycles. The third-order valence-corrected chi connectivity index (χ3v) is 16.4. The number of aryl methyl sites for hydroxylation is 1. The highest BCUT2D eigenvalue weighted by molar-refractivity contribution is 7.26. The number of fused-ring (bicyclic) bond motifs is 3. The molecule has 0 fully saturated rings. The Hall–Kier alpha value is -6.94. The van der Waals surface area contributed by atoms with Crippen LogP contribution >= 0.6 is 11.3 Å². The van der Waals surface area contributed by atoms with Gasteiger partial charge in [0.2, 0.25) is 0 Å². The summed E-state index contributed by atoms with van der Waals surface area (Å²) in [6.45, 7) is 23.2. The van der Waals surface area contributed by atoms with Crippen molar-refractivity contribution in [2.45, 2.75) is 106 Å². The fourth-order valence-corrected chi connectivity index (χ4v) is 12.7. The van der Waals surface area contributed by atoms with Crippen molar-refractivity contribution < 1.29 is 0 Å². The monoisotopic (exact) mass is 942 g/mol. The van der Waals surface area contributed by atoms with E-state index in [1.54, 1.807) is 0 Å². The maximum absolute atomic E-state index is 2.61. The van der Waals surface area contributed by atoms with Crippen LogP contribution in [-0.4, -0.2) is 0 Å². The molecule has 0 unspecified atom stereocenters. The van der Waals surface area contributed by atoms with Gasteiger partial charge in [-0.1, -0.05) is 184 Å². The van der Waals surface area contributed by atoms with E-state index in [0.29, 0.717) is 11.8 Å². The molecule has 11 aromatic rings. The molecule has 10 aromatic carbocycles. The minimum absolute atomic E-state index is 0.280.